The third kappa shape index (κ3) is 3.63. The molecule has 2 saturated carbocycles. The van der Waals surface area contributed by atoms with E-state index in [2.05, 4.69) is 4.98 Å². The van der Waals surface area contributed by atoms with Crippen LogP contribution in [0.2, 0.25) is 0 Å². The molecule has 2 unspecified atom stereocenters. The predicted molar refractivity (Wildman–Crippen MR) is 135 cm³/mol. The van der Waals surface area contributed by atoms with Gasteiger partial charge in [-0.15, -0.1) is 0 Å². The Balaban J connectivity index is 1.60. The number of aromatic hydroxyl groups is 1. The van der Waals surface area contributed by atoms with Crippen molar-refractivity contribution < 1.29 is 34.2 Å². The number of amides is 1. The summed E-state index contributed by atoms with van der Waals surface area (Å²) in [5.41, 5.74) is 4.43. The highest BCUT2D eigenvalue weighted by atomic mass is 16.3. The summed E-state index contributed by atoms with van der Waals surface area (Å²) in [6.45, 7) is 0. The number of benzene rings is 1. The molecule has 0 saturated heterocycles. The predicted octanol–water partition coefficient (Wildman–Crippen LogP) is 0.432. The lowest BCUT2D eigenvalue weighted by Gasteiger charge is -2.52. The summed E-state index contributed by atoms with van der Waals surface area (Å²) < 4.78 is 0. The van der Waals surface area contributed by atoms with Gasteiger partial charge in [0.05, 0.1) is 23.2 Å². The molecule has 4 N–H and O–H groups in total. The van der Waals surface area contributed by atoms with E-state index in [-0.39, 0.29) is 24.2 Å². The second-order valence-electron chi connectivity index (χ2n) is 10.4. The molecule has 0 aliphatic heterocycles. The first-order valence-electron chi connectivity index (χ1n) is 12.3. The minimum absolute atomic E-state index is 0.00292. The highest BCUT2D eigenvalue weighted by Gasteiger charge is 2.69. The molecule has 0 spiro atoms. The van der Waals surface area contributed by atoms with E-state index in [1.54, 1.807) is 44.6 Å². The Kier molecular flexibility index (Phi) is 6.12. The van der Waals surface area contributed by atoms with Crippen molar-refractivity contribution in [2.45, 2.75) is 24.5 Å². The van der Waals surface area contributed by atoms with Gasteiger partial charge in [-0.05, 0) is 68.3 Å². The zero-order valence-corrected chi connectivity index (χ0v) is 20.8. The summed E-state index contributed by atoms with van der Waals surface area (Å²) in [7, 11) is 3.10. The van der Waals surface area contributed by atoms with E-state index in [4.69, 9.17) is 5.73 Å². The maximum atomic E-state index is 13.8. The molecule has 5 rings (SSSR count). The molecule has 38 heavy (non-hydrogen) atoms. The summed E-state index contributed by atoms with van der Waals surface area (Å²) >= 11 is 0. The lowest BCUT2D eigenvalue weighted by molar-refractivity contribution is -0.181. The maximum absolute atomic E-state index is 13.8. The van der Waals surface area contributed by atoms with Gasteiger partial charge < -0.3 is 15.9 Å². The molecule has 3 aliphatic rings. The molecule has 10 heteroatoms. The number of Topliss-reactive ketones (excluding diaryl/α,β-unsaturated/α-hetero) is 4. The van der Waals surface area contributed by atoms with Crippen LogP contribution in [0.15, 0.2) is 36.5 Å². The molecular weight excluding hydrogens is 490 g/mol. The van der Waals surface area contributed by atoms with E-state index in [0.717, 1.165) is 0 Å². The molecule has 1 aromatic carbocycles. The molecule has 196 valence electrons. The van der Waals surface area contributed by atoms with Crippen molar-refractivity contribution in [2.75, 3.05) is 14.1 Å². The number of ketones is 4. The quantitative estimate of drug-likeness (QED) is 0.487. The SMILES string of the molecule is CN(C)[C@H]1C(=O)C(C(N)=O)C(=O)[C@]2(O)C(=O)C3C(=O)c4c(O)ccc(C=Cc5ccccn5)c4C[C@@H]3C[C@H]12. The number of hydrogen-bond acceptors (Lipinski definition) is 9. The number of nitrogens with zero attached hydrogens (tertiary/aromatic N) is 2. The summed E-state index contributed by atoms with van der Waals surface area (Å²) in [4.78, 5) is 71.8. The van der Waals surface area contributed by atoms with E-state index >= 15 is 0 Å². The Labute approximate surface area is 218 Å². The normalized spacial score (nSPS) is 30.8. The average molecular weight is 518 g/mol. The van der Waals surface area contributed by atoms with Crippen molar-refractivity contribution in [3.8, 4) is 5.75 Å². The van der Waals surface area contributed by atoms with Crippen LogP contribution >= 0.6 is 0 Å². The Morgan fingerprint density at radius 2 is 1.84 bits per heavy atom. The van der Waals surface area contributed by atoms with Gasteiger partial charge >= 0.3 is 0 Å². The summed E-state index contributed by atoms with van der Waals surface area (Å²) in [5, 5.41) is 22.2. The van der Waals surface area contributed by atoms with Crippen LogP contribution < -0.4 is 5.73 Å². The summed E-state index contributed by atoms with van der Waals surface area (Å²) in [6.07, 6.45) is 5.37. The number of primary amides is 1. The molecule has 6 atom stereocenters. The van der Waals surface area contributed by atoms with Gasteiger partial charge in [-0.1, -0.05) is 18.2 Å². The topological polar surface area (TPSA) is 168 Å². The molecule has 0 bridgehead atoms. The van der Waals surface area contributed by atoms with Crippen LogP contribution in [0.25, 0.3) is 12.2 Å². The fourth-order valence-corrected chi connectivity index (χ4v) is 6.43. The van der Waals surface area contributed by atoms with Crippen molar-refractivity contribution in [3.05, 3.63) is 58.9 Å². The van der Waals surface area contributed by atoms with Crippen LogP contribution in [-0.4, -0.2) is 74.9 Å². The second kappa shape index (κ2) is 9.07. The van der Waals surface area contributed by atoms with Gasteiger partial charge in [0.2, 0.25) is 5.91 Å². The largest absolute Gasteiger partial charge is 0.507 e. The molecule has 1 heterocycles. The Morgan fingerprint density at radius 3 is 2.47 bits per heavy atom. The molecule has 1 amide bonds. The smallest absolute Gasteiger partial charge is 0.235 e. The molecule has 2 aromatic rings. The minimum Gasteiger partial charge on any atom is -0.507 e. The average Bonchev–Trinajstić information content (AvgIpc) is 2.86. The van der Waals surface area contributed by atoms with Crippen LogP contribution in [-0.2, 0) is 25.6 Å². The first kappa shape index (κ1) is 25.6. The van der Waals surface area contributed by atoms with Gasteiger partial charge in [0.15, 0.2) is 34.7 Å². The Bertz CT molecular complexity index is 1420. The third-order valence-electron chi connectivity index (χ3n) is 8.10. The number of carbonyl (C=O) groups is 5. The Hall–Kier alpha value is -4.02. The van der Waals surface area contributed by atoms with Gasteiger partial charge in [-0.3, -0.25) is 33.9 Å². The van der Waals surface area contributed by atoms with Gasteiger partial charge in [0.1, 0.15) is 5.75 Å². The number of phenols is 1. The van der Waals surface area contributed by atoms with Crippen molar-refractivity contribution in [2.24, 2.45) is 29.4 Å². The maximum Gasteiger partial charge on any atom is 0.235 e. The highest BCUT2D eigenvalue weighted by Crippen LogP contribution is 2.51. The number of carbonyl (C=O) groups excluding carboxylic acids is 5. The van der Waals surface area contributed by atoms with Crippen molar-refractivity contribution in [1.82, 2.24) is 9.88 Å². The number of likely N-dealkylation sites (N-methyl/N-ethyl adjacent to an activating group) is 1. The van der Waals surface area contributed by atoms with Crippen molar-refractivity contribution in [3.63, 3.8) is 0 Å². The van der Waals surface area contributed by atoms with Crippen LogP contribution in [0, 0.1) is 23.7 Å². The van der Waals surface area contributed by atoms with Gasteiger partial charge in [0, 0.05) is 12.1 Å². The summed E-state index contributed by atoms with van der Waals surface area (Å²) in [5.74, 6) is -10.6. The van der Waals surface area contributed by atoms with Crippen molar-refractivity contribution in [1.29, 1.82) is 0 Å². The van der Waals surface area contributed by atoms with Gasteiger partial charge in [-0.25, -0.2) is 0 Å². The number of fused-ring (bicyclic) bond motifs is 3. The van der Waals surface area contributed by atoms with Gasteiger partial charge in [-0.2, -0.15) is 0 Å². The standard InChI is InChI=1S/C28H27N3O7/c1-31(2)22-17-12-14-11-16-13(6-8-15-5-3-4-10-30-15)7-9-18(32)20(16)23(33)19(14)25(35)28(17,38)26(36)21(24(22)34)27(29)37/h3-10,14,17,19,21-22,32,38H,11-12H2,1-2H3,(H2,29,37)/t14-,17-,19?,21?,22-,28-/m1/s1. The fraction of sp³-hybridized carbons (Fsp3) is 0.357. The van der Waals surface area contributed by atoms with E-state index < -0.39 is 64.4 Å². The molecule has 10 nitrogen and oxygen atoms in total. The number of phenolic OH excluding ortho intramolecular Hbond substituents is 1. The van der Waals surface area contributed by atoms with Gasteiger partial charge in [0.25, 0.3) is 0 Å². The number of aliphatic hydroxyl groups is 1. The third-order valence-corrected chi connectivity index (χ3v) is 8.10. The van der Waals surface area contributed by atoms with Crippen LogP contribution in [0.5, 0.6) is 5.75 Å². The van der Waals surface area contributed by atoms with Crippen LogP contribution in [0.4, 0.5) is 0 Å². The molecular formula is C28H27N3O7. The zero-order valence-electron chi connectivity index (χ0n) is 20.8. The number of nitrogens with two attached hydrogens (primary N) is 1. The minimum atomic E-state index is -2.73. The zero-order chi connectivity index (χ0) is 27.5. The number of hydrogen-bond donors (Lipinski definition) is 3. The highest BCUT2D eigenvalue weighted by molar-refractivity contribution is 6.32. The first-order valence-corrected chi connectivity index (χ1v) is 12.3. The van der Waals surface area contributed by atoms with Crippen molar-refractivity contribution >= 4 is 41.2 Å². The number of pyridine rings is 1. The lowest BCUT2D eigenvalue weighted by Crippen LogP contribution is -2.74. The van der Waals surface area contributed by atoms with E-state index in [1.165, 1.54) is 11.0 Å². The lowest BCUT2D eigenvalue weighted by atomic mass is 9.52. The fourth-order valence-electron chi connectivity index (χ4n) is 6.43. The molecule has 1 aromatic heterocycles. The summed E-state index contributed by atoms with van der Waals surface area (Å²) in [6, 6.07) is 7.31. The van der Waals surface area contributed by atoms with E-state index in [9.17, 15) is 34.2 Å². The monoisotopic (exact) mass is 517 g/mol. The van der Waals surface area contributed by atoms with Crippen LogP contribution in [0.3, 0.4) is 0 Å². The number of rotatable bonds is 4. The molecule has 3 aliphatic carbocycles. The van der Waals surface area contributed by atoms with E-state index in [1.807, 2.05) is 12.1 Å². The van der Waals surface area contributed by atoms with Crippen LogP contribution in [0.1, 0.15) is 33.6 Å². The molecule has 2 fully saturated rings. The van der Waals surface area contributed by atoms with E-state index in [0.29, 0.717) is 16.8 Å². The first-order chi connectivity index (χ1) is 18.0. The number of aromatic nitrogens is 1. The molecule has 0 radical (unpaired) electrons. The Morgan fingerprint density at radius 1 is 1.11 bits per heavy atom. The second-order valence-corrected chi connectivity index (χ2v) is 10.4.